The number of nitrogens with zero attached hydrogens (tertiary/aromatic N) is 1. The average molecular weight is 323 g/mol. The number of nitrogens with one attached hydrogen (secondary N) is 1. The number of fused-ring (bicyclic) bond motifs is 1. The second kappa shape index (κ2) is 6.71. The smallest absolute Gasteiger partial charge is 0.227 e. The minimum absolute atomic E-state index is 0. The van der Waals surface area contributed by atoms with Crippen LogP contribution in [0, 0.1) is 13.8 Å². The van der Waals surface area contributed by atoms with Crippen LogP contribution in [-0.4, -0.2) is 36.5 Å². The molecule has 2 aromatic rings. The molecule has 4 nitrogen and oxygen atoms in total. The monoisotopic (exact) mass is 322 g/mol. The van der Waals surface area contributed by atoms with Gasteiger partial charge in [-0.2, -0.15) is 0 Å². The third kappa shape index (κ3) is 3.13. The van der Waals surface area contributed by atoms with E-state index in [9.17, 15) is 4.79 Å². The minimum Gasteiger partial charge on any atom is -0.464 e. The second-order valence-corrected chi connectivity index (χ2v) is 6.02. The number of hydrogen-bond donors (Lipinski definition) is 1. The van der Waals surface area contributed by atoms with Gasteiger partial charge in [-0.15, -0.1) is 12.4 Å². The quantitative estimate of drug-likeness (QED) is 0.924. The van der Waals surface area contributed by atoms with Crippen molar-refractivity contribution in [3.8, 4) is 0 Å². The van der Waals surface area contributed by atoms with Gasteiger partial charge in [-0.1, -0.05) is 12.1 Å². The van der Waals surface area contributed by atoms with Gasteiger partial charge in [-0.3, -0.25) is 4.79 Å². The molecule has 22 heavy (non-hydrogen) atoms. The highest BCUT2D eigenvalue weighted by Crippen LogP contribution is 2.27. The molecule has 1 amide bonds. The van der Waals surface area contributed by atoms with E-state index in [1.807, 2.05) is 4.90 Å². The third-order valence-corrected chi connectivity index (χ3v) is 4.40. The SMILES string of the molecule is Cc1ccc2c(CC(=O)N3CCNC(C)C3)coc2c1C.Cl. The summed E-state index contributed by atoms with van der Waals surface area (Å²) in [7, 11) is 0. The van der Waals surface area contributed by atoms with Crippen LogP contribution in [0.3, 0.4) is 0 Å². The van der Waals surface area contributed by atoms with E-state index in [1.54, 1.807) is 6.26 Å². The number of piperazine rings is 1. The molecule has 1 atom stereocenters. The molecule has 5 heteroatoms. The van der Waals surface area contributed by atoms with E-state index in [4.69, 9.17) is 4.42 Å². The van der Waals surface area contributed by atoms with Crippen molar-refractivity contribution < 1.29 is 9.21 Å². The lowest BCUT2D eigenvalue weighted by Crippen LogP contribution is -2.51. The molecule has 3 rings (SSSR count). The maximum atomic E-state index is 12.5. The summed E-state index contributed by atoms with van der Waals surface area (Å²) in [6.07, 6.45) is 2.16. The van der Waals surface area contributed by atoms with Crippen molar-refractivity contribution in [2.75, 3.05) is 19.6 Å². The Labute approximate surface area is 137 Å². The molecular weight excluding hydrogens is 300 g/mol. The molecule has 0 radical (unpaired) electrons. The van der Waals surface area contributed by atoms with Gasteiger partial charge in [0.1, 0.15) is 5.58 Å². The molecule has 1 aromatic heterocycles. The summed E-state index contributed by atoms with van der Waals surface area (Å²) in [5, 5.41) is 4.42. The summed E-state index contributed by atoms with van der Waals surface area (Å²) in [5.41, 5.74) is 4.27. The van der Waals surface area contributed by atoms with Crippen LogP contribution in [0.2, 0.25) is 0 Å². The zero-order valence-electron chi connectivity index (χ0n) is 13.3. The molecule has 0 bridgehead atoms. The highest BCUT2D eigenvalue weighted by Gasteiger charge is 2.22. The molecule has 1 unspecified atom stereocenters. The second-order valence-electron chi connectivity index (χ2n) is 6.02. The number of halogens is 1. The fourth-order valence-corrected chi connectivity index (χ4v) is 2.96. The molecule has 0 spiro atoms. The van der Waals surface area contributed by atoms with Crippen molar-refractivity contribution in [1.82, 2.24) is 10.2 Å². The number of aryl methyl sites for hydroxylation is 2. The lowest BCUT2D eigenvalue weighted by molar-refractivity contribution is -0.131. The van der Waals surface area contributed by atoms with Crippen molar-refractivity contribution in [2.24, 2.45) is 0 Å². The Morgan fingerprint density at radius 3 is 2.91 bits per heavy atom. The third-order valence-electron chi connectivity index (χ3n) is 4.40. The first-order valence-corrected chi connectivity index (χ1v) is 7.53. The summed E-state index contributed by atoms with van der Waals surface area (Å²) >= 11 is 0. The zero-order chi connectivity index (χ0) is 15.0. The van der Waals surface area contributed by atoms with Crippen LogP contribution in [0.5, 0.6) is 0 Å². The van der Waals surface area contributed by atoms with Crippen LogP contribution in [-0.2, 0) is 11.2 Å². The molecule has 1 aliphatic rings. The van der Waals surface area contributed by atoms with E-state index in [-0.39, 0.29) is 18.3 Å². The van der Waals surface area contributed by atoms with Gasteiger partial charge in [-0.05, 0) is 31.9 Å². The maximum Gasteiger partial charge on any atom is 0.227 e. The first-order valence-electron chi connectivity index (χ1n) is 7.53. The van der Waals surface area contributed by atoms with E-state index >= 15 is 0 Å². The predicted octanol–water partition coefficient (Wildman–Crippen LogP) is 2.83. The summed E-state index contributed by atoms with van der Waals surface area (Å²) in [6.45, 7) is 8.69. The summed E-state index contributed by atoms with van der Waals surface area (Å²) in [4.78, 5) is 14.4. The van der Waals surface area contributed by atoms with Crippen molar-refractivity contribution >= 4 is 29.3 Å². The molecule has 120 valence electrons. The maximum absolute atomic E-state index is 12.5. The molecule has 1 saturated heterocycles. The fraction of sp³-hybridized carbons (Fsp3) is 0.471. The highest BCUT2D eigenvalue weighted by atomic mass is 35.5. The van der Waals surface area contributed by atoms with E-state index in [1.165, 1.54) is 5.56 Å². The Morgan fingerprint density at radius 1 is 1.41 bits per heavy atom. The number of benzene rings is 1. The zero-order valence-corrected chi connectivity index (χ0v) is 14.1. The molecule has 0 aliphatic carbocycles. The first-order chi connectivity index (χ1) is 10.1. The largest absolute Gasteiger partial charge is 0.464 e. The molecule has 0 saturated carbocycles. The van der Waals surface area contributed by atoms with Gasteiger partial charge < -0.3 is 14.6 Å². The Balaban J connectivity index is 0.00000176. The van der Waals surface area contributed by atoms with Crippen LogP contribution >= 0.6 is 12.4 Å². The lowest BCUT2D eigenvalue weighted by atomic mass is 10.0. The van der Waals surface area contributed by atoms with Crippen molar-refractivity contribution in [3.05, 3.63) is 35.1 Å². The minimum atomic E-state index is 0. The van der Waals surface area contributed by atoms with E-state index in [2.05, 4.69) is 38.2 Å². The Bertz CT molecular complexity index is 681. The lowest BCUT2D eigenvalue weighted by Gasteiger charge is -2.31. The van der Waals surface area contributed by atoms with Gasteiger partial charge >= 0.3 is 0 Å². The summed E-state index contributed by atoms with van der Waals surface area (Å²) in [5.74, 6) is 0.185. The highest BCUT2D eigenvalue weighted by molar-refractivity contribution is 5.89. The van der Waals surface area contributed by atoms with Crippen LogP contribution in [0.25, 0.3) is 11.0 Å². The van der Waals surface area contributed by atoms with Gasteiger partial charge in [0.2, 0.25) is 5.91 Å². The van der Waals surface area contributed by atoms with Crippen LogP contribution in [0.1, 0.15) is 23.6 Å². The van der Waals surface area contributed by atoms with Crippen LogP contribution in [0.15, 0.2) is 22.8 Å². The van der Waals surface area contributed by atoms with Crippen LogP contribution in [0.4, 0.5) is 0 Å². The topological polar surface area (TPSA) is 45.5 Å². The van der Waals surface area contributed by atoms with Crippen molar-refractivity contribution in [3.63, 3.8) is 0 Å². The number of carbonyl (C=O) groups is 1. The number of furan rings is 1. The number of hydrogen-bond acceptors (Lipinski definition) is 3. The summed E-state index contributed by atoms with van der Waals surface area (Å²) < 4.78 is 5.69. The standard InChI is InChI=1S/C17H22N2O2.ClH/c1-11-4-5-15-14(10-21-17(15)13(11)3)8-16(20)19-7-6-18-12(2)9-19;/h4-5,10,12,18H,6-9H2,1-3H3;1H. The van der Waals surface area contributed by atoms with Crippen LogP contribution < -0.4 is 5.32 Å². The molecular formula is C17H23ClN2O2. The van der Waals surface area contributed by atoms with Gasteiger partial charge in [0.25, 0.3) is 0 Å². The normalized spacial score (nSPS) is 18.3. The Morgan fingerprint density at radius 2 is 2.18 bits per heavy atom. The van der Waals surface area contributed by atoms with E-state index in [0.717, 1.165) is 41.7 Å². The van der Waals surface area contributed by atoms with Gasteiger partial charge in [0, 0.05) is 36.6 Å². The molecule has 1 aliphatic heterocycles. The molecule has 1 aromatic carbocycles. The predicted molar refractivity (Wildman–Crippen MR) is 90.7 cm³/mol. The fourth-order valence-electron chi connectivity index (χ4n) is 2.96. The summed E-state index contributed by atoms with van der Waals surface area (Å²) in [6, 6.07) is 4.52. The average Bonchev–Trinajstić information content (AvgIpc) is 2.86. The molecule has 1 fully saturated rings. The number of rotatable bonds is 2. The van der Waals surface area contributed by atoms with Crippen molar-refractivity contribution in [2.45, 2.75) is 33.2 Å². The number of carbonyl (C=O) groups excluding carboxylic acids is 1. The first kappa shape index (κ1) is 16.8. The van der Waals surface area contributed by atoms with E-state index < -0.39 is 0 Å². The Hall–Kier alpha value is -1.52. The van der Waals surface area contributed by atoms with Gasteiger partial charge in [0.15, 0.2) is 0 Å². The van der Waals surface area contributed by atoms with Gasteiger partial charge in [-0.25, -0.2) is 0 Å². The van der Waals surface area contributed by atoms with Gasteiger partial charge in [0.05, 0.1) is 12.7 Å². The molecule has 2 heterocycles. The van der Waals surface area contributed by atoms with E-state index in [0.29, 0.717) is 12.5 Å². The molecule has 1 N–H and O–H groups in total. The Kier molecular flexibility index (Phi) is 5.14. The number of amides is 1. The van der Waals surface area contributed by atoms with Crippen molar-refractivity contribution in [1.29, 1.82) is 0 Å².